The highest BCUT2D eigenvalue weighted by atomic mass is 19.1. The van der Waals surface area contributed by atoms with Crippen molar-refractivity contribution >= 4 is 5.91 Å². The number of hydrogen-bond acceptors (Lipinski definition) is 4. The van der Waals surface area contributed by atoms with E-state index in [1.807, 2.05) is 24.3 Å². The van der Waals surface area contributed by atoms with Crippen LogP contribution in [0.3, 0.4) is 0 Å². The Balaban J connectivity index is 1.49. The van der Waals surface area contributed by atoms with E-state index in [0.717, 1.165) is 22.6 Å². The van der Waals surface area contributed by atoms with Crippen LogP contribution in [0.4, 0.5) is 4.39 Å². The van der Waals surface area contributed by atoms with Gasteiger partial charge in [-0.05, 0) is 30.2 Å². The monoisotopic (exact) mass is 380 g/mol. The minimum atomic E-state index is -0.349. The molecule has 5 nitrogen and oxygen atoms in total. The van der Waals surface area contributed by atoms with Crippen molar-refractivity contribution in [3.05, 3.63) is 71.2 Å². The van der Waals surface area contributed by atoms with Crippen molar-refractivity contribution in [1.82, 2.24) is 10.1 Å². The number of aromatic nitrogens is 1. The number of aryl methyl sites for hydroxylation is 1. The number of rotatable bonds is 5. The predicted molar refractivity (Wildman–Crippen MR) is 102 cm³/mol. The van der Waals surface area contributed by atoms with Gasteiger partial charge in [0.05, 0.1) is 13.7 Å². The lowest BCUT2D eigenvalue weighted by atomic mass is 10.0. The molecule has 2 aromatic carbocycles. The predicted octanol–water partition coefficient (Wildman–Crippen LogP) is 4.01. The number of para-hydroxylation sites is 1. The van der Waals surface area contributed by atoms with E-state index in [9.17, 15) is 9.18 Å². The van der Waals surface area contributed by atoms with Crippen molar-refractivity contribution in [3.63, 3.8) is 0 Å². The van der Waals surface area contributed by atoms with Gasteiger partial charge < -0.3 is 14.2 Å². The Hall–Kier alpha value is -3.15. The summed E-state index contributed by atoms with van der Waals surface area (Å²) in [5.41, 5.74) is 2.68. The molecule has 0 saturated heterocycles. The third kappa shape index (κ3) is 3.50. The Bertz CT molecular complexity index is 999. The summed E-state index contributed by atoms with van der Waals surface area (Å²) in [5.74, 6) is 1.22. The van der Waals surface area contributed by atoms with Gasteiger partial charge in [-0.15, -0.1) is 0 Å². The van der Waals surface area contributed by atoms with Crippen molar-refractivity contribution in [2.75, 3.05) is 13.7 Å². The van der Waals surface area contributed by atoms with Crippen LogP contribution in [0.2, 0.25) is 0 Å². The molecule has 0 aliphatic carbocycles. The molecule has 1 aliphatic heterocycles. The fraction of sp³-hybridized carbons (Fsp3) is 0.273. The van der Waals surface area contributed by atoms with Crippen LogP contribution in [0, 0.1) is 5.82 Å². The van der Waals surface area contributed by atoms with Gasteiger partial charge in [0.25, 0.3) is 0 Å². The molecule has 0 atom stereocenters. The SMILES string of the molecule is COc1ccccc1CCC(=O)N1CCc2onc(-c3ccccc3F)c2C1. The zero-order valence-corrected chi connectivity index (χ0v) is 15.7. The summed E-state index contributed by atoms with van der Waals surface area (Å²) < 4.78 is 25.0. The Kier molecular flexibility index (Phi) is 5.10. The second-order valence-corrected chi connectivity index (χ2v) is 6.79. The molecule has 0 fully saturated rings. The van der Waals surface area contributed by atoms with Crippen molar-refractivity contribution in [2.45, 2.75) is 25.8 Å². The Labute approximate surface area is 162 Å². The van der Waals surface area contributed by atoms with Crippen LogP contribution in [-0.2, 0) is 24.2 Å². The number of benzene rings is 2. The summed E-state index contributed by atoms with van der Waals surface area (Å²) in [5, 5.41) is 4.07. The van der Waals surface area contributed by atoms with Crippen molar-refractivity contribution in [1.29, 1.82) is 0 Å². The maximum atomic E-state index is 14.2. The standard InChI is InChI=1S/C22H21FN2O3/c1-27-19-9-5-2-6-15(19)10-11-21(26)25-13-12-20-17(14-25)22(24-28-20)16-7-3-4-8-18(16)23/h2-9H,10-14H2,1H3. The molecule has 0 radical (unpaired) electrons. The highest BCUT2D eigenvalue weighted by Gasteiger charge is 2.28. The van der Waals surface area contributed by atoms with E-state index < -0.39 is 0 Å². The maximum absolute atomic E-state index is 14.2. The van der Waals surface area contributed by atoms with Gasteiger partial charge in [-0.1, -0.05) is 35.5 Å². The van der Waals surface area contributed by atoms with E-state index >= 15 is 0 Å². The summed E-state index contributed by atoms with van der Waals surface area (Å²) in [4.78, 5) is 14.6. The first-order chi connectivity index (χ1) is 13.7. The molecule has 144 valence electrons. The number of carbonyl (C=O) groups is 1. The molecule has 2 heterocycles. The fourth-order valence-electron chi connectivity index (χ4n) is 3.60. The molecule has 1 amide bonds. The van der Waals surface area contributed by atoms with Crippen LogP contribution >= 0.6 is 0 Å². The second kappa shape index (κ2) is 7.84. The third-order valence-electron chi connectivity index (χ3n) is 5.11. The summed E-state index contributed by atoms with van der Waals surface area (Å²) in [6.45, 7) is 0.955. The molecule has 4 rings (SSSR count). The lowest BCUT2D eigenvalue weighted by Crippen LogP contribution is -2.35. The van der Waals surface area contributed by atoms with Gasteiger partial charge >= 0.3 is 0 Å². The van der Waals surface area contributed by atoms with Crippen LogP contribution in [-0.4, -0.2) is 29.6 Å². The maximum Gasteiger partial charge on any atom is 0.223 e. The molecule has 0 spiro atoms. The van der Waals surface area contributed by atoms with Gasteiger partial charge in [-0.25, -0.2) is 4.39 Å². The average molecular weight is 380 g/mol. The van der Waals surface area contributed by atoms with E-state index in [-0.39, 0.29) is 11.7 Å². The van der Waals surface area contributed by atoms with Crippen LogP contribution < -0.4 is 4.74 Å². The largest absolute Gasteiger partial charge is 0.496 e. The van der Waals surface area contributed by atoms with E-state index in [2.05, 4.69) is 5.16 Å². The Morgan fingerprint density at radius 2 is 2.00 bits per heavy atom. The van der Waals surface area contributed by atoms with Crippen LogP contribution in [0.15, 0.2) is 53.1 Å². The molecule has 0 unspecified atom stereocenters. The lowest BCUT2D eigenvalue weighted by Gasteiger charge is -2.26. The van der Waals surface area contributed by atoms with Gasteiger partial charge in [0, 0.05) is 30.5 Å². The molecule has 0 bridgehead atoms. The van der Waals surface area contributed by atoms with Gasteiger partial charge in [-0.2, -0.15) is 0 Å². The molecule has 0 saturated carbocycles. The molecule has 28 heavy (non-hydrogen) atoms. The number of hydrogen-bond donors (Lipinski definition) is 0. The molecule has 6 heteroatoms. The highest BCUT2D eigenvalue weighted by Crippen LogP contribution is 2.31. The van der Waals surface area contributed by atoms with E-state index in [0.29, 0.717) is 43.6 Å². The first-order valence-electron chi connectivity index (χ1n) is 9.29. The Morgan fingerprint density at radius 3 is 2.82 bits per heavy atom. The van der Waals surface area contributed by atoms with Gasteiger partial charge in [0.1, 0.15) is 23.0 Å². The quantitative estimate of drug-likeness (QED) is 0.671. The average Bonchev–Trinajstić information content (AvgIpc) is 3.15. The molecular weight excluding hydrogens is 359 g/mol. The van der Waals surface area contributed by atoms with Crippen molar-refractivity contribution in [2.24, 2.45) is 0 Å². The van der Waals surface area contributed by atoms with Crippen LogP contribution in [0.1, 0.15) is 23.3 Å². The molecular formula is C22H21FN2O3. The summed E-state index contributed by atoms with van der Waals surface area (Å²) >= 11 is 0. The zero-order valence-electron chi connectivity index (χ0n) is 15.7. The van der Waals surface area contributed by atoms with E-state index in [1.165, 1.54) is 6.07 Å². The number of carbonyl (C=O) groups excluding carboxylic acids is 1. The number of amides is 1. The van der Waals surface area contributed by atoms with Crippen LogP contribution in [0.5, 0.6) is 5.75 Å². The van der Waals surface area contributed by atoms with Crippen molar-refractivity contribution in [3.8, 4) is 17.0 Å². The normalized spacial score (nSPS) is 13.3. The third-order valence-corrected chi connectivity index (χ3v) is 5.11. The van der Waals surface area contributed by atoms with Gasteiger partial charge in [0.2, 0.25) is 5.91 Å². The number of fused-ring (bicyclic) bond motifs is 1. The molecule has 3 aromatic rings. The van der Waals surface area contributed by atoms with Crippen LogP contribution in [0.25, 0.3) is 11.3 Å². The van der Waals surface area contributed by atoms with Gasteiger partial charge in [-0.3, -0.25) is 4.79 Å². The molecule has 1 aromatic heterocycles. The Morgan fingerprint density at radius 1 is 1.21 bits per heavy atom. The van der Waals surface area contributed by atoms with E-state index in [1.54, 1.807) is 30.2 Å². The summed E-state index contributed by atoms with van der Waals surface area (Å²) in [6.07, 6.45) is 1.57. The smallest absolute Gasteiger partial charge is 0.223 e. The van der Waals surface area contributed by atoms with Gasteiger partial charge in [0.15, 0.2) is 0 Å². The lowest BCUT2D eigenvalue weighted by molar-refractivity contribution is -0.132. The topological polar surface area (TPSA) is 55.6 Å². The number of halogens is 1. The molecule has 0 N–H and O–H groups in total. The first kappa shape index (κ1) is 18.2. The number of nitrogens with zero attached hydrogens (tertiary/aromatic N) is 2. The number of ether oxygens (including phenoxy) is 1. The van der Waals surface area contributed by atoms with E-state index in [4.69, 9.17) is 9.26 Å². The first-order valence-corrected chi connectivity index (χ1v) is 9.29. The fourth-order valence-corrected chi connectivity index (χ4v) is 3.60. The zero-order chi connectivity index (χ0) is 19.5. The summed E-state index contributed by atoms with van der Waals surface area (Å²) in [7, 11) is 1.63. The van der Waals surface area contributed by atoms with Crippen molar-refractivity contribution < 1.29 is 18.4 Å². The number of methoxy groups -OCH3 is 1. The highest BCUT2D eigenvalue weighted by molar-refractivity contribution is 5.77. The minimum absolute atomic E-state index is 0.0530. The second-order valence-electron chi connectivity index (χ2n) is 6.79. The summed E-state index contributed by atoms with van der Waals surface area (Å²) in [6, 6.07) is 14.2. The molecule has 1 aliphatic rings. The minimum Gasteiger partial charge on any atom is -0.496 e.